The molecule has 0 fully saturated rings. The minimum atomic E-state index is -1.31. The molecular formula is C16H21N3O4. The Bertz CT molecular complexity index is 616. The third kappa shape index (κ3) is 4.80. The molecule has 2 rings (SSSR count). The number of carbonyl (C=O) groups is 1. The van der Waals surface area contributed by atoms with Crippen LogP contribution in [-0.2, 0) is 11.3 Å². The summed E-state index contributed by atoms with van der Waals surface area (Å²) in [4.78, 5) is 20.6. The first-order valence-electron chi connectivity index (χ1n) is 7.36. The number of carbonyl (C=O) groups excluding carboxylic acids is 1. The summed E-state index contributed by atoms with van der Waals surface area (Å²) in [6.07, 6.45) is 1.92. The lowest BCUT2D eigenvalue weighted by molar-refractivity contribution is -0.143. The number of H-pyrrole nitrogens is 1. The number of hydrogen-bond donors (Lipinski definition) is 3. The molecule has 7 nitrogen and oxygen atoms in total. The Morgan fingerprint density at radius 3 is 2.87 bits per heavy atom. The minimum Gasteiger partial charge on any atom is -0.490 e. The zero-order valence-corrected chi connectivity index (χ0v) is 13.0. The van der Waals surface area contributed by atoms with E-state index in [1.165, 1.54) is 4.90 Å². The van der Waals surface area contributed by atoms with Gasteiger partial charge in [0.05, 0.1) is 13.2 Å². The van der Waals surface area contributed by atoms with E-state index in [4.69, 9.17) is 9.84 Å². The van der Waals surface area contributed by atoms with E-state index in [1.807, 2.05) is 25.1 Å². The standard InChI is InChI=1S/C16H21N3O4/c1-12-4-2-3-5-14(12)23-11-13(21)16(22)19(8-9-20)10-15-17-6-7-18-15/h2-7,13,20-21H,8-11H2,1H3,(H,17,18). The number of aromatic amines is 1. The molecule has 0 saturated carbocycles. The molecule has 0 aliphatic carbocycles. The number of aromatic nitrogens is 2. The van der Waals surface area contributed by atoms with Crippen LogP contribution in [-0.4, -0.2) is 56.9 Å². The van der Waals surface area contributed by atoms with Crippen molar-refractivity contribution >= 4 is 5.91 Å². The van der Waals surface area contributed by atoms with Crippen molar-refractivity contribution in [2.24, 2.45) is 0 Å². The maximum atomic E-state index is 12.3. The van der Waals surface area contributed by atoms with Crippen molar-refractivity contribution in [3.05, 3.63) is 48.0 Å². The summed E-state index contributed by atoms with van der Waals surface area (Å²) in [5.41, 5.74) is 0.926. The fraction of sp³-hybridized carbons (Fsp3) is 0.375. The summed E-state index contributed by atoms with van der Waals surface area (Å²) in [5.74, 6) is 0.696. The van der Waals surface area contributed by atoms with Crippen LogP contribution in [0.5, 0.6) is 5.75 Å². The molecule has 3 N–H and O–H groups in total. The number of hydrogen-bond acceptors (Lipinski definition) is 5. The van der Waals surface area contributed by atoms with E-state index in [0.29, 0.717) is 11.6 Å². The van der Waals surface area contributed by atoms with Crippen LogP contribution in [0, 0.1) is 6.92 Å². The molecule has 1 aromatic carbocycles. The summed E-state index contributed by atoms with van der Waals surface area (Å²) in [6.45, 7) is 1.84. The number of amides is 1. The SMILES string of the molecule is Cc1ccccc1OCC(O)C(=O)N(CCO)Cc1ncc[nH]1. The van der Waals surface area contributed by atoms with Crippen LogP contribution in [0.15, 0.2) is 36.7 Å². The smallest absolute Gasteiger partial charge is 0.255 e. The summed E-state index contributed by atoms with van der Waals surface area (Å²) in [7, 11) is 0. The summed E-state index contributed by atoms with van der Waals surface area (Å²) in [6, 6.07) is 7.38. The van der Waals surface area contributed by atoms with Gasteiger partial charge in [-0.2, -0.15) is 0 Å². The lowest BCUT2D eigenvalue weighted by atomic mass is 10.2. The summed E-state index contributed by atoms with van der Waals surface area (Å²) >= 11 is 0. The van der Waals surface area contributed by atoms with Crippen LogP contribution in [0.2, 0.25) is 0 Å². The number of benzene rings is 1. The average Bonchev–Trinajstić information content (AvgIpc) is 3.06. The quantitative estimate of drug-likeness (QED) is 0.657. The topological polar surface area (TPSA) is 98.7 Å². The largest absolute Gasteiger partial charge is 0.490 e. The second-order valence-corrected chi connectivity index (χ2v) is 5.11. The highest BCUT2D eigenvalue weighted by Gasteiger charge is 2.23. The molecule has 0 radical (unpaired) electrons. The number of aliphatic hydroxyl groups is 2. The van der Waals surface area contributed by atoms with Gasteiger partial charge < -0.3 is 24.8 Å². The van der Waals surface area contributed by atoms with Crippen molar-refractivity contribution in [1.82, 2.24) is 14.9 Å². The fourth-order valence-corrected chi connectivity index (χ4v) is 2.12. The molecule has 0 spiro atoms. The first-order valence-corrected chi connectivity index (χ1v) is 7.36. The Labute approximate surface area is 134 Å². The van der Waals surface area contributed by atoms with E-state index in [-0.39, 0.29) is 26.3 Å². The molecule has 0 aliphatic heterocycles. The Morgan fingerprint density at radius 1 is 1.43 bits per heavy atom. The van der Waals surface area contributed by atoms with Gasteiger partial charge in [0, 0.05) is 18.9 Å². The molecule has 1 amide bonds. The Morgan fingerprint density at radius 2 is 2.22 bits per heavy atom. The van der Waals surface area contributed by atoms with Gasteiger partial charge >= 0.3 is 0 Å². The van der Waals surface area contributed by atoms with Crippen molar-refractivity contribution in [2.45, 2.75) is 19.6 Å². The Balaban J connectivity index is 1.94. The maximum Gasteiger partial charge on any atom is 0.255 e. The number of nitrogens with zero attached hydrogens (tertiary/aromatic N) is 2. The zero-order chi connectivity index (χ0) is 16.7. The first-order chi connectivity index (χ1) is 11.1. The third-order valence-corrected chi connectivity index (χ3v) is 3.35. The molecule has 1 unspecified atom stereocenters. The molecule has 1 aromatic heterocycles. The van der Waals surface area contributed by atoms with Gasteiger partial charge in [0.15, 0.2) is 6.10 Å². The van der Waals surface area contributed by atoms with Gasteiger partial charge in [-0.15, -0.1) is 0 Å². The van der Waals surface area contributed by atoms with E-state index in [0.717, 1.165) is 5.56 Å². The third-order valence-electron chi connectivity index (χ3n) is 3.35. The minimum absolute atomic E-state index is 0.112. The van der Waals surface area contributed by atoms with Crippen LogP contribution in [0.3, 0.4) is 0 Å². The van der Waals surface area contributed by atoms with E-state index < -0.39 is 12.0 Å². The van der Waals surface area contributed by atoms with Crippen molar-refractivity contribution in [3.63, 3.8) is 0 Å². The van der Waals surface area contributed by atoms with Crippen LogP contribution >= 0.6 is 0 Å². The molecule has 1 atom stereocenters. The van der Waals surface area contributed by atoms with E-state index in [2.05, 4.69) is 9.97 Å². The molecule has 124 valence electrons. The number of aryl methyl sites for hydroxylation is 1. The highest BCUT2D eigenvalue weighted by atomic mass is 16.5. The molecule has 0 saturated heterocycles. The van der Waals surface area contributed by atoms with Gasteiger partial charge in [-0.3, -0.25) is 4.79 Å². The predicted molar refractivity (Wildman–Crippen MR) is 83.8 cm³/mol. The van der Waals surface area contributed by atoms with E-state index in [9.17, 15) is 9.90 Å². The van der Waals surface area contributed by atoms with Crippen molar-refractivity contribution in [2.75, 3.05) is 19.8 Å². The van der Waals surface area contributed by atoms with E-state index >= 15 is 0 Å². The number of aliphatic hydroxyl groups excluding tert-OH is 2. The van der Waals surface area contributed by atoms with Crippen LogP contribution in [0.25, 0.3) is 0 Å². The molecule has 23 heavy (non-hydrogen) atoms. The van der Waals surface area contributed by atoms with Crippen LogP contribution in [0.1, 0.15) is 11.4 Å². The molecule has 0 bridgehead atoms. The van der Waals surface area contributed by atoms with Crippen LogP contribution < -0.4 is 4.74 Å². The molecule has 7 heteroatoms. The molecular weight excluding hydrogens is 298 g/mol. The number of para-hydroxylation sites is 1. The van der Waals surface area contributed by atoms with Gasteiger partial charge in [0.2, 0.25) is 0 Å². The van der Waals surface area contributed by atoms with Gasteiger partial charge in [-0.05, 0) is 18.6 Å². The number of rotatable bonds is 8. The van der Waals surface area contributed by atoms with Crippen molar-refractivity contribution in [1.29, 1.82) is 0 Å². The van der Waals surface area contributed by atoms with Gasteiger partial charge in [-0.25, -0.2) is 4.98 Å². The first kappa shape index (κ1) is 17.0. The predicted octanol–water partition coefficient (Wildman–Crippen LogP) is 0.479. The highest BCUT2D eigenvalue weighted by Crippen LogP contribution is 2.16. The lowest BCUT2D eigenvalue weighted by Crippen LogP contribution is -2.43. The van der Waals surface area contributed by atoms with Crippen molar-refractivity contribution in [3.8, 4) is 5.75 Å². The molecule has 2 aromatic rings. The molecule has 1 heterocycles. The monoisotopic (exact) mass is 319 g/mol. The van der Waals surface area contributed by atoms with Crippen LogP contribution in [0.4, 0.5) is 0 Å². The Hall–Kier alpha value is -2.38. The summed E-state index contributed by atoms with van der Waals surface area (Å²) < 4.78 is 5.50. The highest BCUT2D eigenvalue weighted by molar-refractivity contribution is 5.80. The second kappa shape index (κ2) is 8.30. The fourth-order valence-electron chi connectivity index (χ4n) is 2.12. The van der Waals surface area contributed by atoms with E-state index in [1.54, 1.807) is 18.5 Å². The maximum absolute atomic E-state index is 12.3. The number of imidazole rings is 1. The van der Waals surface area contributed by atoms with Gasteiger partial charge in [-0.1, -0.05) is 18.2 Å². The molecule has 0 aliphatic rings. The van der Waals surface area contributed by atoms with Gasteiger partial charge in [0.1, 0.15) is 18.2 Å². The summed E-state index contributed by atoms with van der Waals surface area (Å²) in [5, 5.41) is 19.2. The second-order valence-electron chi connectivity index (χ2n) is 5.11. The lowest BCUT2D eigenvalue weighted by Gasteiger charge is -2.23. The number of nitrogens with one attached hydrogen (secondary N) is 1. The normalized spacial score (nSPS) is 12.0. The Kier molecular flexibility index (Phi) is 6.13. The van der Waals surface area contributed by atoms with Crippen molar-refractivity contribution < 1.29 is 19.7 Å². The number of ether oxygens (including phenoxy) is 1. The van der Waals surface area contributed by atoms with Gasteiger partial charge in [0.25, 0.3) is 5.91 Å². The average molecular weight is 319 g/mol. The zero-order valence-electron chi connectivity index (χ0n) is 13.0.